The first-order chi connectivity index (χ1) is 17.9. The van der Waals surface area contributed by atoms with E-state index in [2.05, 4.69) is 30.7 Å². The molecule has 3 heterocycles. The molecule has 38 heavy (non-hydrogen) atoms. The van der Waals surface area contributed by atoms with Crippen LogP contribution in [-0.2, 0) is 13.2 Å². The summed E-state index contributed by atoms with van der Waals surface area (Å²) in [7, 11) is 1.92. The first-order valence-electron chi connectivity index (χ1n) is 12.8. The molecule has 1 fully saturated rings. The number of H-pyrrole nitrogens is 1. The Morgan fingerprint density at radius 3 is 2.58 bits per heavy atom. The molecule has 1 aliphatic rings. The zero-order valence-corrected chi connectivity index (χ0v) is 21.8. The minimum Gasteiger partial charge on any atom is -0.389 e. The van der Waals surface area contributed by atoms with Gasteiger partial charge in [0.05, 0.1) is 16.8 Å². The predicted octanol–water partition coefficient (Wildman–Crippen LogP) is 5.13. The molecule has 4 aromatic rings. The van der Waals surface area contributed by atoms with Crippen molar-refractivity contribution in [3.63, 3.8) is 0 Å². The number of aryl methyl sites for hydroxylation is 1. The number of aliphatic hydroxyl groups is 1. The van der Waals surface area contributed by atoms with E-state index in [-0.39, 0.29) is 18.2 Å². The Hall–Kier alpha value is -3.31. The molecule has 1 saturated carbocycles. The van der Waals surface area contributed by atoms with E-state index in [1.807, 2.05) is 35.9 Å². The highest BCUT2D eigenvalue weighted by Gasteiger charge is 2.36. The van der Waals surface area contributed by atoms with Crippen molar-refractivity contribution >= 4 is 10.9 Å². The smallest absolute Gasteiger partial charge is 0.389 e. The summed E-state index contributed by atoms with van der Waals surface area (Å²) in [6.45, 7) is 5.16. The minimum absolute atomic E-state index is 0.0374. The number of nitrogens with zero attached hydrogens (tertiary/aromatic N) is 5. The maximum atomic E-state index is 13.9. The Labute approximate surface area is 218 Å². The van der Waals surface area contributed by atoms with Crippen molar-refractivity contribution in [3.05, 3.63) is 59.4 Å². The zero-order valence-electron chi connectivity index (χ0n) is 21.8. The monoisotopic (exact) mass is 527 g/mol. The second kappa shape index (κ2) is 9.77. The quantitative estimate of drug-likeness (QED) is 0.294. The lowest BCUT2D eigenvalue weighted by molar-refractivity contribution is -0.141. The number of alkyl halides is 3. The second-order valence-electron chi connectivity index (χ2n) is 10.9. The Bertz CT molecular complexity index is 1430. The third-order valence-electron chi connectivity index (χ3n) is 7.29. The largest absolute Gasteiger partial charge is 0.433 e. The van der Waals surface area contributed by atoms with Crippen molar-refractivity contribution in [1.29, 1.82) is 0 Å². The predicted molar refractivity (Wildman–Crippen MR) is 137 cm³/mol. The zero-order chi connectivity index (χ0) is 27.2. The van der Waals surface area contributed by atoms with Crippen LogP contribution in [0.4, 0.5) is 13.2 Å². The summed E-state index contributed by atoms with van der Waals surface area (Å²) in [6, 6.07) is 8.29. The van der Waals surface area contributed by atoms with Gasteiger partial charge in [0.15, 0.2) is 0 Å². The Morgan fingerprint density at radius 1 is 1.21 bits per heavy atom. The standard InChI is InChI=1S/C27H32F3N7O/c1-15(31-13-26(2,3)38)22-24-19(12-20(33-22)27(28,29)30)23(34-35-24)18-10-6-9-17(11-18)21(16-7-5-8-16)25-36-32-14-37(25)4/h6,9-12,14-16,21,31,38H,5,7-8,13H2,1-4H3,(H,34,35)/t15-,21+/m0/s1. The van der Waals surface area contributed by atoms with Gasteiger partial charge in [0, 0.05) is 36.5 Å². The summed E-state index contributed by atoms with van der Waals surface area (Å²) in [5.74, 6) is 1.34. The highest BCUT2D eigenvalue weighted by molar-refractivity contribution is 5.94. The number of fused-ring (bicyclic) bond motifs is 1. The number of nitrogens with one attached hydrogen (secondary N) is 2. The van der Waals surface area contributed by atoms with E-state index in [0.29, 0.717) is 28.1 Å². The van der Waals surface area contributed by atoms with Gasteiger partial charge in [0.2, 0.25) is 0 Å². The summed E-state index contributed by atoms with van der Waals surface area (Å²) < 4.78 is 43.6. The normalized spacial score (nSPS) is 16.5. The van der Waals surface area contributed by atoms with Crippen LogP contribution in [0.3, 0.4) is 0 Å². The number of hydrogen-bond donors (Lipinski definition) is 3. The molecular weight excluding hydrogens is 495 g/mol. The van der Waals surface area contributed by atoms with Crippen LogP contribution >= 0.6 is 0 Å². The molecule has 3 N–H and O–H groups in total. The minimum atomic E-state index is -4.63. The molecular formula is C27H32F3N7O. The second-order valence-corrected chi connectivity index (χ2v) is 10.9. The van der Waals surface area contributed by atoms with Crippen LogP contribution in [0.15, 0.2) is 36.7 Å². The first kappa shape index (κ1) is 26.3. The highest BCUT2D eigenvalue weighted by Crippen LogP contribution is 2.44. The highest BCUT2D eigenvalue weighted by atomic mass is 19.4. The lowest BCUT2D eigenvalue weighted by atomic mass is 9.72. The topological polar surface area (TPSA) is 105 Å². The molecule has 8 nitrogen and oxygen atoms in total. The third kappa shape index (κ3) is 5.17. The molecule has 1 aromatic carbocycles. The fourth-order valence-corrected chi connectivity index (χ4v) is 5.08. The molecule has 0 aliphatic heterocycles. The lowest BCUT2D eigenvalue weighted by Gasteiger charge is -2.33. The molecule has 1 aliphatic carbocycles. The average Bonchev–Trinajstić information content (AvgIpc) is 3.44. The Kier molecular flexibility index (Phi) is 6.77. The van der Waals surface area contributed by atoms with Gasteiger partial charge in [-0.3, -0.25) is 5.10 Å². The van der Waals surface area contributed by atoms with Crippen LogP contribution in [0, 0.1) is 5.92 Å². The maximum absolute atomic E-state index is 13.9. The Balaban J connectivity index is 1.60. The average molecular weight is 528 g/mol. The molecule has 0 unspecified atom stereocenters. The van der Waals surface area contributed by atoms with Crippen LogP contribution in [0.1, 0.15) is 74.8 Å². The van der Waals surface area contributed by atoms with Gasteiger partial charge in [-0.25, -0.2) is 4.98 Å². The number of aromatic nitrogens is 6. The Morgan fingerprint density at radius 2 is 1.97 bits per heavy atom. The van der Waals surface area contributed by atoms with Crippen molar-refractivity contribution in [1.82, 2.24) is 35.3 Å². The summed E-state index contributed by atoms with van der Waals surface area (Å²) in [4.78, 5) is 3.95. The van der Waals surface area contributed by atoms with Crippen molar-refractivity contribution in [2.24, 2.45) is 13.0 Å². The molecule has 11 heteroatoms. The molecule has 0 radical (unpaired) electrons. The summed E-state index contributed by atoms with van der Waals surface area (Å²) in [5, 5.41) is 29.4. The van der Waals surface area contributed by atoms with Crippen molar-refractivity contribution in [2.75, 3.05) is 6.54 Å². The van der Waals surface area contributed by atoms with Gasteiger partial charge in [-0.1, -0.05) is 24.6 Å². The van der Waals surface area contributed by atoms with E-state index < -0.39 is 23.5 Å². The third-order valence-corrected chi connectivity index (χ3v) is 7.29. The van der Waals surface area contributed by atoms with E-state index in [0.717, 1.165) is 30.3 Å². The van der Waals surface area contributed by atoms with Crippen molar-refractivity contribution in [3.8, 4) is 11.3 Å². The molecule has 202 valence electrons. The van der Waals surface area contributed by atoms with Gasteiger partial charge < -0.3 is 15.0 Å². The van der Waals surface area contributed by atoms with Crippen LogP contribution in [0.25, 0.3) is 22.2 Å². The van der Waals surface area contributed by atoms with E-state index in [4.69, 9.17) is 0 Å². The molecule has 2 atom stereocenters. The fraction of sp³-hybridized carbons (Fsp3) is 0.481. The number of halogens is 3. The number of benzene rings is 1. The molecule has 5 rings (SSSR count). The number of rotatable bonds is 8. The first-order valence-corrected chi connectivity index (χ1v) is 12.8. The molecule has 0 amide bonds. The van der Waals surface area contributed by atoms with Crippen molar-refractivity contribution in [2.45, 2.75) is 63.8 Å². The van der Waals surface area contributed by atoms with Crippen molar-refractivity contribution < 1.29 is 18.3 Å². The van der Waals surface area contributed by atoms with Crippen LogP contribution in [0.5, 0.6) is 0 Å². The molecule has 0 spiro atoms. The van der Waals surface area contributed by atoms with Gasteiger partial charge in [0.25, 0.3) is 0 Å². The lowest BCUT2D eigenvalue weighted by Crippen LogP contribution is -2.36. The van der Waals surface area contributed by atoms with Crippen LogP contribution in [0.2, 0.25) is 0 Å². The van der Waals surface area contributed by atoms with Crippen LogP contribution < -0.4 is 5.32 Å². The maximum Gasteiger partial charge on any atom is 0.433 e. The van der Waals surface area contributed by atoms with Gasteiger partial charge >= 0.3 is 6.18 Å². The summed E-state index contributed by atoms with van der Waals surface area (Å²) >= 11 is 0. The summed E-state index contributed by atoms with van der Waals surface area (Å²) in [5.41, 5.74) is 0.776. The van der Waals surface area contributed by atoms with Gasteiger partial charge in [-0.2, -0.15) is 18.3 Å². The molecule has 0 saturated heterocycles. The molecule has 0 bridgehead atoms. The molecule has 3 aromatic heterocycles. The number of pyridine rings is 1. The van der Waals surface area contributed by atoms with E-state index >= 15 is 0 Å². The fourth-order valence-electron chi connectivity index (χ4n) is 5.08. The van der Waals surface area contributed by atoms with E-state index in [1.165, 1.54) is 6.42 Å². The number of hydrogen-bond acceptors (Lipinski definition) is 6. The van der Waals surface area contributed by atoms with Gasteiger partial charge in [0.1, 0.15) is 23.5 Å². The number of aromatic amines is 1. The van der Waals surface area contributed by atoms with Gasteiger partial charge in [-0.05, 0) is 57.2 Å². The van der Waals surface area contributed by atoms with E-state index in [1.54, 1.807) is 27.1 Å². The summed E-state index contributed by atoms with van der Waals surface area (Å²) in [6.07, 6.45) is 0.403. The van der Waals surface area contributed by atoms with Crippen LogP contribution in [-0.4, -0.2) is 47.2 Å². The van der Waals surface area contributed by atoms with E-state index in [9.17, 15) is 18.3 Å². The SMILES string of the molecule is C[C@H](NCC(C)(C)O)c1nc(C(F)(F)F)cc2c(-c3cccc([C@H](c4nncn4C)C4CCC4)c3)n[nH]c12. The van der Waals surface area contributed by atoms with Gasteiger partial charge in [-0.15, -0.1) is 10.2 Å².